The SMILES string of the molecule is CCN(CC1COc2ccccc2O1)C(=O)C(C)NC. The third-order valence-electron chi connectivity index (χ3n) is 3.49. The normalized spacial score (nSPS) is 18.4. The fourth-order valence-electron chi connectivity index (χ4n) is 2.17. The molecule has 1 amide bonds. The van der Waals surface area contributed by atoms with E-state index < -0.39 is 0 Å². The smallest absolute Gasteiger partial charge is 0.239 e. The van der Waals surface area contributed by atoms with Crippen molar-refractivity contribution in [2.24, 2.45) is 0 Å². The van der Waals surface area contributed by atoms with Crippen LogP contribution in [-0.4, -0.2) is 49.7 Å². The maximum absolute atomic E-state index is 12.2. The van der Waals surface area contributed by atoms with Crippen LogP contribution < -0.4 is 14.8 Å². The molecule has 1 heterocycles. The fraction of sp³-hybridized carbons (Fsp3) is 0.533. The monoisotopic (exact) mass is 278 g/mol. The Bertz CT molecular complexity index is 464. The molecule has 20 heavy (non-hydrogen) atoms. The number of likely N-dealkylation sites (N-methyl/N-ethyl adjacent to an activating group) is 2. The van der Waals surface area contributed by atoms with Crippen LogP contribution in [0.25, 0.3) is 0 Å². The Kier molecular flexibility index (Phi) is 4.84. The molecule has 5 nitrogen and oxygen atoms in total. The van der Waals surface area contributed by atoms with Crippen LogP contribution in [0.5, 0.6) is 11.5 Å². The van der Waals surface area contributed by atoms with E-state index >= 15 is 0 Å². The van der Waals surface area contributed by atoms with Crippen LogP contribution in [-0.2, 0) is 4.79 Å². The Balaban J connectivity index is 1.98. The molecule has 0 saturated carbocycles. The molecule has 2 unspecified atom stereocenters. The van der Waals surface area contributed by atoms with Gasteiger partial charge in [0.15, 0.2) is 17.6 Å². The van der Waals surface area contributed by atoms with Gasteiger partial charge in [0.1, 0.15) is 6.61 Å². The Hall–Kier alpha value is -1.75. The molecule has 2 rings (SSSR count). The van der Waals surface area contributed by atoms with E-state index in [0.29, 0.717) is 19.7 Å². The average molecular weight is 278 g/mol. The van der Waals surface area contributed by atoms with Crippen molar-refractivity contribution < 1.29 is 14.3 Å². The zero-order valence-corrected chi connectivity index (χ0v) is 12.3. The van der Waals surface area contributed by atoms with Crippen molar-refractivity contribution >= 4 is 5.91 Å². The summed E-state index contributed by atoms with van der Waals surface area (Å²) in [6, 6.07) is 7.41. The number of benzene rings is 1. The zero-order chi connectivity index (χ0) is 14.5. The summed E-state index contributed by atoms with van der Waals surface area (Å²) in [5.41, 5.74) is 0. The highest BCUT2D eigenvalue weighted by Crippen LogP contribution is 2.30. The van der Waals surface area contributed by atoms with E-state index in [1.54, 1.807) is 11.9 Å². The number of nitrogens with one attached hydrogen (secondary N) is 1. The quantitative estimate of drug-likeness (QED) is 0.881. The molecule has 1 aromatic carbocycles. The molecule has 0 spiro atoms. The Morgan fingerprint density at radius 1 is 1.45 bits per heavy atom. The summed E-state index contributed by atoms with van der Waals surface area (Å²) in [5.74, 6) is 1.59. The lowest BCUT2D eigenvalue weighted by atomic mass is 10.2. The molecule has 1 aromatic rings. The molecule has 0 bridgehead atoms. The molecule has 0 aliphatic carbocycles. The van der Waals surface area contributed by atoms with E-state index in [4.69, 9.17) is 9.47 Å². The number of nitrogens with zero attached hydrogens (tertiary/aromatic N) is 1. The molecule has 1 N–H and O–H groups in total. The van der Waals surface area contributed by atoms with Crippen LogP contribution in [0, 0.1) is 0 Å². The third kappa shape index (κ3) is 3.22. The van der Waals surface area contributed by atoms with Gasteiger partial charge in [0, 0.05) is 6.54 Å². The van der Waals surface area contributed by atoms with Crippen molar-refractivity contribution in [2.75, 3.05) is 26.7 Å². The number of amides is 1. The summed E-state index contributed by atoms with van der Waals surface area (Å²) in [5, 5.41) is 2.97. The number of hydrogen-bond acceptors (Lipinski definition) is 4. The first kappa shape index (κ1) is 14.7. The Labute approximate surface area is 119 Å². The van der Waals surface area contributed by atoms with Gasteiger partial charge in [0.05, 0.1) is 12.6 Å². The molecular formula is C15H22N2O3. The van der Waals surface area contributed by atoms with E-state index in [-0.39, 0.29) is 18.1 Å². The third-order valence-corrected chi connectivity index (χ3v) is 3.49. The number of carbonyl (C=O) groups excluding carboxylic acids is 1. The highest BCUT2D eigenvalue weighted by atomic mass is 16.6. The topological polar surface area (TPSA) is 50.8 Å². The molecule has 5 heteroatoms. The minimum atomic E-state index is -0.188. The fourth-order valence-corrected chi connectivity index (χ4v) is 2.17. The Morgan fingerprint density at radius 2 is 2.15 bits per heavy atom. The maximum Gasteiger partial charge on any atom is 0.239 e. The summed E-state index contributed by atoms with van der Waals surface area (Å²) < 4.78 is 11.6. The second-order valence-corrected chi connectivity index (χ2v) is 4.88. The minimum Gasteiger partial charge on any atom is -0.486 e. The van der Waals surface area contributed by atoms with E-state index in [0.717, 1.165) is 11.5 Å². The van der Waals surface area contributed by atoms with E-state index in [1.807, 2.05) is 38.1 Å². The lowest BCUT2D eigenvalue weighted by Gasteiger charge is -2.32. The van der Waals surface area contributed by atoms with Crippen LogP contribution >= 0.6 is 0 Å². The highest BCUT2D eigenvalue weighted by Gasteiger charge is 2.26. The first-order valence-electron chi connectivity index (χ1n) is 7.00. The second kappa shape index (κ2) is 6.61. The molecule has 0 saturated heterocycles. The number of hydrogen-bond donors (Lipinski definition) is 1. The lowest BCUT2D eigenvalue weighted by molar-refractivity contribution is -0.134. The summed E-state index contributed by atoms with van der Waals surface area (Å²) in [4.78, 5) is 14.0. The molecule has 2 atom stereocenters. The first-order valence-corrected chi connectivity index (χ1v) is 7.00. The summed E-state index contributed by atoms with van der Waals surface area (Å²) in [6.45, 7) is 5.49. The van der Waals surface area contributed by atoms with Gasteiger partial charge in [-0.05, 0) is 33.0 Å². The Morgan fingerprint density at radius 3 is 2.80 bits per heavy atom. The van der Waals surface area contributed by atoms with Gasteiger partial charge in [-0.2, -0.15) is 0 Å². The predicted octanol–water partition coefficient (Wildman–Crippen LogP) is 1.28. The number of fused-ring (bicyclic) bond motifs is 1. The summed E-state index contributed by atoms with van der Waals surface area (Å²) in [7, 11) is 1.78. The van der Waals surface area contributed by atoms with Crippen molar-refractivity contribution in [2.45, 2.75) is 26.0 Å². The molecule has 1 aliphatic heterocycles. The van der Waals surface area contributed by atoms with Crippen molar-refractivity contribution in [1.82, 2.24) is 10.2 Å². The van der Waals surface area contributed by atoms with Gasteiger partial charge in [-0.25, -0.2) is 0 Å². The molecule has 0 radical (unpaired) electrons. The van der Waals surface area contributed by atoms with Gasteiger partial charge in [0.2, 0.25) is 5.91 Å². The molecule has 110 valence electrons. The number of rotatable bonds is 5. The first-order chi connectivity index (χ1) is 9.65. The van der Waals surface area contributed by atoms with Crippen LogP contribution in [0.3, 0.4) is 0 Å². The van der Waals surface area contributed by atoms with Crippen LogP contribution in [0.15, 0.2) is 24.3 Å². The zero-order valence-electron chi connectivity index (χ0n) is 12.3. The lowest BCUT2D eigenvalue weighted by Crippen LogP contribution is -2.49. The molecular weight excluding hydrogens is 256 g/mol. The average Bonchev–Trinajstić information content (AvgIpc) is 2.50. The van der Waals surface area contributed by atoms with Crippen LogP contribution in [0.1, 0.15) is 13.8 Å². The van der Waals surface area contributed by atoms with Gasteiger partial charge in [-0.3, -0.25) is 4.79 Å². The summed E-state index contributed by atoms with van der Waals surface area (Å²) >= 11 is 0. The van der Waals surface area contributed by atoms with E-state index in [1.165, 1.54) is 0 Å². The van der Waals surface area contributed by atoms with Crippen molar-refractivity contribution in [3.05, 3.63) is 24.3 Å². The maximum atomic E-state index is 12.2. The van der Waals surface area contributed by atoms with Gasteiger partial charge >= 0.3 is 0 Å². The predicted molar refractivity (Wildman–Crippen MR) is 77.1 cm³/mol. The van der Waals surface area contributed by atoms with Crippen molar-refractivity contribution in [3.8, 4) is 11.5 Å². The standard InChI is InChI=1S/C15H22N2O3/c1-4-17(15(18)11(2)16-3)9-12-10-19-13-7-5-6-8-14(13)20-12/h5-8,11-12,16H,4,9-10H2,1-3H3. The molecule has 0 aromatic heterocycles. The van der Waals surface area contributed by atoms with Crippen molar-refractivity contribution in [3.63, 3.8) is 0 Å². The molecule has 0 fully saturated rings. The van der Waals surface area contributed by atoms with E-state index in [2.05, 4.69) is 5.32 Å². The van der Waals surface area contributed by atoms with Gasteiger partial charge in [-0.1, -0.05) is 12.1 Å². The van der Waals surface area contributed by atoms with Gasteiger partial charge < -0.3 is 19.7 Å². The number of para-hydroxylation sites is 2. The van der Waals surface area contributed by atoms with Crippen LogP contribution in [0.4, 0.5) is 0 Å². The minimum absolute atomic E-state index is 0.0810. The van der Waals surface area contributed by atoms with E-state index in [9.17, 15) is 4.79 Å². The van der Waals surface area contributed by atoms with Crippen molar-refractivity contribution in [1.29, 1.82) is 0 Å². The number of carbonyl (C=O) groups is 1. The van der Waals surface area contributed by atoms with Crippen LogP contribution in [0.2, 0.25) is 0 Å². The second-order valence-electron chi connectivity index (χ2n) is 4.88. The van der Waals surface area contributed by atoms with Gasteiger partial charge in [0.25, 0.3) is 0 Å². The largest absolute Gasteiger partial charge is 0.486 e. The summed E-state index contributed by atoms with van der Waals surface area (Å²) in [6.07, 6.45) is -0.127. The van der Waals surface area contributed by atoms with Gasteiger partial charge in [-0.15, -0.1) is 0 Å². The highest BCUT2D eigenvalue weighted by molar-refractivity contribution is 5.81. The number of ether oxygens (including phenoxy) is 2. The molecule has 1 aliphatic rings.